The minimum Gasteiger partial charge on any atom is -0.368 e. The molecule has 0 saturated carbocycles. The summed E-state index contributed by atoms with van der Waals surface area (Å²) in [4.78, 5) is 16.9. The van der Waals surface area contributed by atoms with Crippen molar-refractivity contribution in [3.63, 3.8) is 0 Å². The number of hydrogen-bond acceptors (Lipinski definition) is 3. The summed E-state index contributed by atoms with van der Waals surface area (Å²) < 4.78 is 19.3. The number of halogens is 2. The number of rotatable bonds is 7. The zero-order valence-electron chi connectivity index (χ0n) is 18.8. The lowest BCUT2D eigenvalue weighted by Crippen LogP contribution is -2.38. The highest BCUT2D eigenvalue weighted by molar-refractivity contribution is 14.0. The summed E-state index contributed by atoms with van der Waals surface area (Å²) in [7, 11) is 0. The molecule has 32 heavy (non-hydrogen) atoms. The first-order valence-electron chi connectivity index (χ1n) is 10.8. The molecular formula is C24H32FIN4O2. The Morgan fingerprint density at radius 2 is 2.09 bits per heavy atom. The maximum atomic E-state index is 13.9. The van der Waals surface area contributed by atoms with E-state index < -0.39 is 0 Å². The Morgan fingerprint density at radius 1 is 1.28 bits per heavy atom. The van der Waals surface area contributed by atoms with Gasteiger partial charge in [-0.15, -0.1) is 24.0 Å². The van der Waals surface area contributed by atoms with E-state index in [4.69, 9.17) is 4.74 Å². The first-order valence-corrected chi connectivity index (χ1v) is 10.8. The molecule has 1 saturated heterocycles. The van der Waals surface area contributed by atoms with Crippen molar-refractivity contribution >= 4 is 41.5 Å². The number of aryl methyl sites for hydroxylation is 1. The third-order valence-corrected chi connectivity index (χ3v) is 5.23. The fourth-order valence-corrected chi connectivity index (χ4v) is 3.41. The Balaban J connectivity index is 0.00000363. The van der Waals surface area contributed by atoms with Crippen LogP contribution in [0.15, 0.2) is 47.5 Å². The fourth-order valence-electron chi connectivity index (χ4n) is 3.41. The van der Waals surface area contributed by atoms with Gasteiger partial charge in [-0.2, -0.15) is 0 Å². The van der Waals surface area contributed by atoms with Crippen LogP contribution in [0.5, 0.6) is 0 Å². The second-order valence-electron chi connectivity index (χ2n) is 7.76. The summed E-state index contributed by atoms with van der Waals surface area (Å²) in [6, 6.07) is 12.8. The minimum absolute atomic E-state index is 0. The Kier molecular flexibility index (Phi) is 10.4. The standard InChI is InChI=1S/C24H31FN4O2.HI/c1-4-26-24(28-17(3)19-11-10-16(2)21(25)14-19)27-15-18-7-5-8-20(13-18)29-23(30)22-9-6-12-31-22;/h5,7-8,10-11,13-14,17,22H,4,6,9,12,15H2,1-3H3,(H,29,30)(H2,26,27,28);1H. The molecule has 0 radical (unpaired) electrons. The number of carbonyl (C=O) groups is 1. The van der Waals surface area contributed by atoms with E-state index in [1.165, 1.54) is 0 Å². The van der Waals surface area contributed by atoms with Crippen molar-refractivity contribution in [3.8, 4) is 0 Å². The summed E-state index contributed by atoms with van der Waals surface area (Å²) in [6.07, 6.45) is 1.32. The van der Waals surface area contributed by atoms with E-state index in [-0.39, 0.29) is 47.8 Å². The van der Waals surface area contributed by atoms with E-state index in [1.807, 2.05) is 44.2 Å². The van der Waals surface area contributed by atoms with E-state index in [9.17, 15) is 9.18 Å². The van der Waals surface area contributed by atoms with E-state index in [0.29, 0.717) is 31.2 Å². The van der Waals surface area contributed by atoms with Gasteiger partial charge in [0.25, 0.3) is 5.91 Å². The van der Waals surface area contributed by atoms with Gasteiger partial charge in [-0.05, 0) is 68.5 Å². The van der Waals surface area contributed by atoms with E-state index in [2.05, 4.69) is 20.9 Å². The molecule has 0 spiro atoms. The van der Waals surface area contributed by atoms with Crippen molar-refractivity contribution in [3.05, 3.63) is 65.0 Å². The maximum Gasteiger partial charge on any atom is 0.253 e. The zero-order chi connectivity index (χ0) is 22.2. The predicted octanol–water partition coefficient (Wildman–Crippen LogP) is 4.69. The van der Waals surface area contributed by atoms with E-state index in [1.54, 1.807) is 19.1 Å². The first-order chi connectivity index (χ1) is 15.0. The Morgan fingerprint density at radius 3 is 2.78 bits per heavy atom. The van der Waals surface area contributed by atoms with Crippen LogP contribution in [0.4, 0.5) is 10.1 Å². The SMILES string of the molecule is CCNC(=NCc1cccc(NC(=O)C2CCCO2)c1)NC(C)c1ccc(C)c(F)c1.I. The van der Waals surface area contributed by atoms with Crippen LogP contribution in [0.1, 0.15) is 49.4 Å². The van der Waals surface area contributed by atoms with Crippen LogP contribution in [0.25, 0.3) is 0 Å². The normalized spacial score (nSPS) is 16.8. The summed E-state index contributed by atoms with van der Waals surface area (Å²) in [5.41, 5.74) is 3.18. The highest BCUT2D eigenvalue weighted by atomic mass is 127. The molecule has 6 nitrogen and oxygen atoms in total. The molecule has 1 amide bonds. The van der Waals surface area contributed by atoms with Gasteiger partial charge in [-0.3, -0.25) is 4.79 Å². The van der Waals surface area contributed by atoms with Crippen LogP contribution in [0, 0.1) is 12.7 Å². The lowest BCUT2D eigenvalue weighted by Gasteiger charge is -2.18. The number of guanidine groups is 1. The Bertz CT molecular complexity index is 932. The average Bonchev–Trinajstić information content (AvgIpc) is 3.29. The molecule has 0 aromatic heterocycles. The summed E-state index contributed by atoms with van der Waals surface area (Å²) in [5.74, 6) is 0.326. The van der Waals surface area contributed by atoms with E-state index >= 15 is 0 Å². The number of anilines is 1. The zero-order valence-corrected chi connectivity index (χ0v) is 21.1. The maximum absolute atomic E-state index is 13.9. The molecule has 1 aliphatic rings. The molecule has 0 bridgehead atoms. The number of benzene rings is 2. The van der Waals surface area contributed by atoms with Gasteiger partial charge in [0.1, 0.15) is 11.9 Å². The number of hydrogen-bond donors (Lipinski definition) is 3. The quantitative estimate of drug-likeness (QED) is 0.264. The molecule has 2 unspecified atom stereocenters. The minimum atomic E-state index is -0.362. The third kappa shape index (κ3) is 7.44. The Labute approximate surface area is 206 Å². The van der Waals surface area contributed by atoms with Gasteiger partial charge in [-0.1, -0.05) is 24.3 Å². The van der Waals surface area contributed by atoms with Gasteiger partial charge in [0, 0.05) is 18.8 Å². The number of nitrogens with zero attached hydrogens (tertiary/aromatic N) is 1. The molecule has 1 fully saturated rings. The monoisotopic (exact) mass is 554 g/mol. The smallest absolute Gasteiger partial charge is 0.253 e. The van der Waals surface area contributed by atoms with Crippen LogP contribution in [-0.4, -0.2) is 31.1 Å². The lowest BCUT2D eigenvalue weighted by atomic mass is 10.1. The third-order valence-electron chi connectivity index (χ3n) is 5.23. The number of nitrogens with one attached hydrogen (secondary N) is 3. The van der Waals surface area contributed by atoms with Crippen LogP contribution in [0.3, 0.4) is 0 Å². The first kappa shape index (κ1) is 26.1. The molecule has 2 aromatic rings. The van der Waals surface area contributed by atoms with Crippen LogP contribution >= 0.6 is 24.0 Å². The van der Waals surface area contributed by atoms with Gasteiger partial charge in [-0.25, -0.2) is 9.38 Å². The highest BCUT2D eigenvalue weighted by Gasteiger charge is 2.23. The second kappa shape index (κ2) is 12.7. The molecule has 0 aliphatic carbocycles. The molecule has 8 heteroatoms. The molecular weight excluding hydrogens is 522 g/mol. The molecule has 174 valence electrons. The van der Waals surface area contributed by atoms with Gasteiger partial charge in [0.05, 0.1) is 12.6 Å². The molecule has 1 aliphatic heterocycles. The molecule has 3 rings (SSSR count). The molecule has 1 heterocycles. The fraction of sp³-hybridized carbons (Fsp3) is 0.417. The van der Waals surface area contributed by atoms with Crippen molar-refractivity contribution in [1.29, 1.82) is 0 Å². The second-order valence-corrected chi connectivity index (χ2v) is 7.76. The van der Waals surface area contributed by atoms with Gasteiger partial charge >= 0.3 is 0 Å². The molecule has 2 aromatic carbocycles. The van der Waals surface area contributed by atoms with Crippen LogP contribution < -0.4 is 16.0 Å². The van der Waals surface area contributed by atoms with Crippen molar-refractivity contribution < 1.29 is 13.9 Å². The van der Waals surface area contributed by atoms with Crippen molar-refractivity contribution in [1.82, 2.24) is 10.6 Å². The van der Waals surface area contributed by atoms with Crippen molar-refractivity contribution in [2.45, 2.75) is 52.3 Å². The predicted molar refractivity (Wildman–Crippen MR) is 137 cm³/mol. The number of carbonyl (C=O) groups excluding carboxylic acids is 1. The summed E-state index contributed by atoms with van der Waals surface area (Å²) in [5, 5.41) is 9.46. The van der Waals surface area contributed by atoms with Crippen LogP contribution in [-0.2, 0) is 16.1 Å². The largest absolute Gasteiger partial charge is 0.368 e. The number of aliphatic imine (C=N–C) groups is 1. The summed E-state index contributed by atoms with van der Waals surface area (Å²) in [6.45, 7) is 7.50. The summed E-state index contributed by atoms with van der Waals surface area (Å²) >= 11 is 0. The Hall–Kier alpha value is -2.20. The van der Waals surface area contributed by atoms with E-state index in [0.717, 1.165) is 29.7 Å². The van der Waals surface area contributed by atoms with Gasteiger partial charge < -0.3 is 20.7 Å². The van der Waals surface area contributed by atoms with Gasteiger partial charge in [0.15, 0.2) is 5.96 Å². The lowest BCUT2D eigenvalue weighted by molar-refractivity contribution is -0.124. The molecule has 3 N–H and O–H groups in total. The van der Waals surface area contributed by atoms with Crippen molar-refractivity contribution in [2.75, 3.05) is 18.5 Å². The number of amides is 1. The van der Waals surface area contributed by atoms with Crippen molar-refractivity contribution in [2.24, 2.45) is 4.99 Å². The average molecular weight is 554 g/mol. The molecule has 2 atom stereocenters. The van der Waals surface area contributed by atoms with Gasteiger partial charge in [0.2, 0.25) is 0 Å². The van der Waals surface area contributed by atoms with Crippen LogP contribution in [0.2, 0.25) is 0 Å². The number of ether oxygens (including phenoxy) is 1. The highest BCUT2D eigenvalue weighted by Crippen LogP contribution is 2.18. The topological polar surface area (TPSA) is 74.8 Å².